The molecule has 0 N–H and O–H groups in total. The number of thiophene rings is 1. The molecule has 4 heteroatoms. The lowest BCUT2D eigenvalue weighted by atomic mass is 10.2. The first-order valence-electron chi connectivity index (χ1n) is 5.29. The van der Waals surface area contributed by atoms with Crippen LogP contribution in [0.2, 0.25) is 0 Å². The minimum absolute atomic E-state index is 0.522. The number of hydrogen-bond acceptors (Lipinski definition) is 2. The van der Waals surface area contributed by atoms with Crippen molar-refractivity contribution in [2.45, 2.75) is 12.3 Å². The number of rotatable bonds is 5. The Labute approximate surface area is 119 Å². The first-order chi connectivity index (χ1) is 8.29. The van der Waals surface area contributed by atoms with E-state index in [1.165, 1.54) is 4.88 Å². The van der Waals surface area contributed by atoms with Crippen molar-refractivity contribution >= 4 is 38.9 Å². The number of benzene rings is 1. The van der Waals surface area contributed by atoms with Gasteiger partial charge in [0.2, 0.25) is 0 Å². The quantitative estimate of drug-likeness (QED) is 0.710. The van der Waals surface area contributed by atoms with Gasteiger partial charge >= 0.3 is 0 Å². The van der Waals surface area contributed by atoms with Gasteiger partial charge in [0.05, 0.1) is 11.1 Å². The molecule has 0 amide bonds. The predicted molar refractivity (Wildman–Crippen MR) is 77.2 cm³/mol. The van der Waals surface area contributed by atoms with Gasteiger partial charge in [-0.05, 0) is 45.1 Å². The molecule has 0 unspecified atom stereocenters. The van der Waals surface area contributed by atoms with Crippen LogP contribution in [0.3, 0.4) is 0 Å². The fourth-order valence-corrected chi connectivity index (χ4v) is 2.86. The lowest BCUT2D eigenvalue weighted by Crippen LogP contribution is -2.00. The Morgan fingerprint density at radius 3 is 2.82 bits per heavy atom. The van der Waals surface area contributed by atoms with E-state index in [9.17, 15) is 0 Å². The molecule has 0 aliphatic heterocycles. The fraction of sp³-hybridized carbons (Fsp3) is 0.231. The summed E-state index contributed by atoms with van der Waals surface area (Å²) in [6, 6.07) is 10.1. The van der Waals surface area contributed by atoms with Crippen molar-refractivity contribution in [1.29, 1.82) is 0 Å². The average molecular weight is 332 g/mol. The second-order valence-corrected chi connectivity index (χ2v) is 5.73. The van der Waals surface area contributed by atoms with Gasteiger partial charge in [-0.1, -0.05) is 12.1 Å². The van der Waals surface area contributed by atoms with Crippen molar-refractivity contribution in [3.05, 3.63) is 50.6 Å². The highest BCUT2D eigenvalue weighted by atomic mass is 79.9. The summed E-state index contributed by atoms with van der Waals surface area (Å²) in [6.07, 6.45) is 0.946. The molecule has 0 saturated heterocycles. The van der Waals surface area contributed by atoms with E-state index in [0.717, 1.165) is 22.2 Å². The molecule has 17 heavy (non-hydrogen) atoms. The summed E-state index contributed by atoms with van der Waals surface area (Å²) in [4.78, 5) is 1.35. The maximum absolute atomic E-state index is 5.76. The second-order valence-electron chi connectivity index (χ2n) is 3.58. The third-order valence-electron chi connectivity index (χ3n) is 2.34. The van der Waals surface area contributed by atoms with Gasteiger partial charge in [0, 0.05) is 17.2 Å². The molecule has 1 heterocycles. The minimum Gasteiger partial charge on any atom is -0.492 e. The Bertz CT molecular complexity index is 470. The van der Waals surface area contributed by atoms with Crippen LogP contribution in [-0.2, 0) is 12.3 Å². The Balaban J connectivity index is 1.90. The van der Waals surface area contributed by atoms with Crippen LogP contribution in [0.5, 0.6) is 5.75 Å². The summed E-state index contributed by atoms with van der Waals surface area (Å²) < 4.78 is 6.69. The highest BCUT2D eigenvalue weighted by molar-refractivity contribution is 9.10. The van der Waals surface area contributed by atoms with Gasteiger partial charge in [-0.2, -0.15) is 0 Å². The van der Waals surface area contributed by atoms with Gasteiger partial charge in [-0.25, -0.2) is 0 Å². The van der Waals surface area contributed by atoms with E-state index < -0.39 is 0 Å². The molecule has 0 aliphatic carbocycles. The summed E-state index contributed by atoms with van der Waals surface area (Å²) in [5.74, 6) is 1.39. The van der Waals surface area contributed by atoms with Gasteiger partial charge < -0.3 is 4.74 Å². The van der Waals surface area contributed by atoms with Crippen LogP contribution in [0.15, 0.2) is 40.2 Å². The van der Waals surface area contributed by atoms with Crippen LogP contribution in [0.25, 0.3) is 0 Å². The first kappa shape index (κ1) is 12.9. The van der Waals surface area contributed by atoms with Crippen LogP contribution >= 0.6 is 38.9 Å². The highest BCUT2D eigenvalue weighted by Crippen LogP contribution is 2.26. The van der Waals surface area contributed by atoms with E-state index in [1.54, 1.807) is 11.3 Å². The van der Waals surface area contributed by atoms with Gasteiger partial charge in [0.1, 0.15) is 5.75 Å². The lowest BCUT2D eigenvalue weighted by Gasteiger charge is -2.08. The van der Waals surface area contributed by atoms with Crippen LogP contribution in [0.1, 0.15) is 10.4 Å². The monoisotopic (exact) mass is 330 g/mol. The maximum Gasteiger partial charge on any atom is 0.133 e. The molecule has 1 nitrogen and oxygen atoms in total. The number of ether oxygens (including phenoxy) is 1. The lowest BCUT2D eigenvalue weighted by molar-refractivity contribution is 0.321. The average Bonchev–Trinajstić information content (AvgIpc) is 2.84. The predicted octanol–water partition coefficient (Wildman–Crippen LogP) is 4.87. The van der Waals surface area contributed by atoms with Crippen LogP contribution < -0.4 is 4.74 Å². The third-order valence-corrected chi connectivity index (χ3v) is 4.20. The SMILES string of the molecule is ClCc1ccc(OCCc2cccs2)c(Br)c1. The van der Waals surface area contributed by atoms with Gasteiger partial charge in [0.25, 0.3) is 0 Å². The van der Waals surface area contributed by atoms with Crippen LogP contribution in [0.4, 0.5) is 0 Å². The van der Waals surface area contributed by atoms with Crippen LogP contribution in [0, 0.1) is 0 Å². The Kier molecular flexibility index (Phi) is 4.89. The highest BCUT2D eigenvalue weighted by Gasteiger charge is 2.02. The first-order valence-corrected chi connectivity index (χ1v) is 7.50. The zero-order valence-corrected chi connectivity index (χ0v) is 12.3. The topological polar surface area (TPSA) is 9.23 Å². The van der Waals surface area contributed by atoms with Crippen molar-refractivity contribution in [2.24, 2.45) is 0 Å². The van der Waals surface area contributed by atoms with Gasteiger partial charge in [0.15, 0.2) is 0 Å². The number of alkyl halides is 1. The molecular weight excluding hydrogens is 320 g/mol. The van der Waals surface area contributed by atoms with Gasteiger partial charge in [-0.3, -0.25) is 0 Å². The smallest absolute Gasteiger partial charge is 0.133 e. The summed E-state index contributed by atoms with van der Waals surface area (Å²) in [7, 11) is 0. The fourth-order valence-electron chi connectivity index (χ4n) is 1.46. The van der Waals surface area contributed by atoms with Crippen molar-refractivity contribution < 1.29 is 4.74 Å². The minimum atomic E-state index is 0.522. The van der Waals surface area contributed by atoms with E-state index in [1.807, 2.05) is 18.2 Å². The molecule has 0 atom stereocenters. The number of hydrogen-bond donors (Lipinski definition) is 0. The van der Waals surface area contributed by atoms with E-state index in [-0.39, 0.29) is 0 Å². The maximum atomic E-state index is 5.76. The molecular formula is C13H12BrClOS. The Hall–Kier alpha value is -0.510. The standard InChI is InChI=1S/C13H12BrClOS/c14-12-8-10(9-15)3-4-13(12)16-6-5-11-2-1-7-17-11/h1-4,7-8H,5-6,9H2. The molecule has 0 aliphatic rings. The summed E-state index contributed by atoms with van der Waals surface area (Å²) in [5.41, 5.74) is 1.09. The molecule has 1 aromatic carbocycles. The van der Waals surface area contributed by atoms with Crippen molar-refractivity contribution in [3.8, 4) is 5.75 Å². The molecule has 2 rings (SSSR count). The molecule has 2 aromatic rings. The van der Waals surface area contributed by atoms with E-state index in [0.29, 0.717) is 12.5 Å². The van der Waals surface area contributed by atoms with Crippen molar-refractivity contribution in [3.63, 3.8) is 0 Å². The normalized spacial score (nSPS) is 10.5. The second kappa shape index (κ2) is 6.43. The molecule has 0 fully saturated rings. The largest absolute Gasteiger partial charge is 0.492 e. The molecule has 0 radical (unpaired) electrons. The molecule has 0 spiro atoms. The Morgan fingerprint density at radius 2 is 2.18 bits per heavy atom. The molecule has 90 valence electrons. The molecule has 0 bridgehead atoms. The van der Waals surface area contributed by atoms with Crippen molar-refractivity contribution in [2.75, 3.05) is 6.61 Å². The number of halogens is 2. The molecule has 0 saturated carbocycles. The van der Waals surface area contributed by atoms with Crippen LogP contribution in [-0.4, -0.2) is 6.61 Å². The summed E-state index contributed by atoms with van der Waals surface area (Å²) >= 11 is 11.0. The zero-order chi connectivity index (χ0) is 12.1. The van der Waals surface area contributed by atoms with Crippen molar-refractivity contribution in [1.82, 2.24) is 0 Å². The zero-order valence-electron chi connectivity index (χ0n) is 9.16. The van der Waals surface area contributed by atoms with E-state index in [2.05, 4.69) is 33.4 Å². The van der Waals surface area contributed by atoms with E-state index >= 15 is 0 Å². The van der Waals surface area contributed by atoms with E-state index in [4.69, 9.17) is 16.3 Å². The third kappa shape index (κ3) is 3.73. The summed E-state index contributed by atoms with van der Waals surface area (Å²) in [6.45, 7) is 0.694. The Morgan fingerprint density at radius 1 is 1.29 bits per heavy atom. The van der Waals surface area contributed by atoms with Gasteiger partial charge in [-0.15, -0.1) is 22.9 Å². The molecule has 1 aromatic heterocycles. The summed E-state index contributed by atoms with van der Waals surface area (Å²) in [5, 5.41) is 2.08.